The molecule has 3 aromatic rings. The Morgan fingerprint density at radius 2 is 2.00 bits per heavy atom. The lowest BCUT2D eigenvalue weighted by molar-refractivity contribution is 0.259. The molecule has 34 heavy (non-hydrogen) atoms. The van der Waals surface area contributed by atoms with Crippen LogP contribution in [0.4, 0.5) is 10.2 Å². The third-order valence-electron chi connectivity index (χ3n) is 5.70. The fourth-order valence-electron chi connectivity index (χ4n) is 3.80. The number of nitrogens with zero attached hydrogens (tertiary/aromatic N) is 5. The number of nitrogens with two attached hydrogens (primary N) is 1. The molecule has 1 aromatic carbocycles. The van der Waals surface area contributed by atoms with Gasteiger partial charge in [-0.15, -0.1) is 5.10 Å². The fourth-order valence-corrected chi connectivity index (χ4v) is 5.23. The number of pyridine rings is 1. The molecule has 1 fully saturated rings. The van der Waals surface area contributed by atoms with Gasteiger partial charge in [0.2, 0.25) is 10.0 Å². The minimum absolute atomic E-state index is 0.0325. The van der Waals surface area contributed by atoms with Gasteiger partial charge in [-0.05, 0) is 36.6 Å². The number of anilines is 1. The molecule has 0 amide bonds. The largest absolute Gasteiger partial charge is 0.489 e. The highest BCUT2D eigenvalue weighted by molar-refractivity contribution is 7.88. The van der Waals surface area contributed by atoms with Crippen LogP contribution < -0.4 is 10.5 Å². The summed E-state index contributed by atoms with van der Waals surface area (Å²) in [7, 11) is -3.19. The van der Waals surface area contributed by atoms with Crippen molar-refractivity contribution in [3.63, 3.8) is 0 Å². The SMILES string of the molecule is CS(=O)(=O)N1CCC(n2cc(-c3cnc(N)c(OCCc4c(Cl)ccc(F)c4Cl)c3)nn2)CC1. The van der Waals surface area contributed by atoms with E-state index in [1.54, 1.807) is 23.1 Å². The molecule has 0 saturated carbocycles. The summed E-state index contributed by atoms with van der Waals surface area (Å²) in [5, 5.41) is 8.77. The maximum Gasteiger partial charge on any atom is 0.211 e. The van der Waals surface area contributed by atoms with Gasteiger partial charge >= 0.3 is 0 Å². The Labute approximate surface area is 206 Å². The van der Waals surface area contributed by atoms with E-state index in [9.17, 15) is 12.8 Å². The lowest BCUT2D eigenvalue weighted by atomic mass is 10.1. The monoisotopic (exact) mass is 528 g/mol. The molecule has 2 N–H and O–H groups in total. The van der Waals surface area contributed by atoms with E-state index in [-0.39, 0.29) is 29.9 Å². The van der Waals surface area contributed by atoms with Crippen LogP contribution in [0.2, 0.25) is 10.0 Å². The quantitative estimate of drug-likeness (QED) is 0.465. The number of nitrogen functional groups attached to an aromatic ring is 1. The first kappa shape index (κ1) is 24.6. The van der Waals surface area contributed by atoms with Crippen molar-refractivity contribution in [2.75, 3.05) is 31.7 Å². The van der Waals surface area contributed by atoms with Gasteiger partial charge in [0, 0.05) is 36.3 Å². The zero-order valence-electron chi connectivity index (χ0n) is 18.3. The summed E-state index contributed by atoms with van der Waals surface area (Å²) in [6.07, 6.45) is 6.16. The predicted molar refractivity (Wildman–Crippen MR) is 128 cm³/mol. The molecular formula is C21H23Cl2FN6O3S. The van der Waals surface area contributed by atoms with Crippen LogP contribution in [0.15, 0.2) is 30.6 Å². The van der Waals surface area contributed by atoms with E-state index < -0.39 is 15.8 Å². The number of ether oxygens (including phenoxy) is 1. The maximum absolute atomic E-state index is 13.7. The molecule has 0 radical (unpaired) electrons. The van der Waals surface area contributed by atoms with Gasteiger partial charge < -0.3 is 10.5 Å². The summed E-state index contributed by atoms with van der Waals surface area (Å²) in [4.78, 5) is 4.18. The van der Waals surface area contributed by atoms with E-state index in [1.807, 2.05) is 0 Å². The van der Waals surface area contributed by atoms with Gasteiger partial charge in [0.05, 0.1) is 30.1 Å². The summed E-state index contributed by atoms with van der Waals surface area (Å²) in [6.45, 7) is 1.04. The zero-order chi connectivity index (χ0) is 24.5. The van der Waals surface area contributed by atoms with E-state index in [1.165, 1.54) is 22.7 Å². The Hall–Kier alpha value is -2.47. The van der Waals surface area contributed by atoms with Crippen molar-refractivity contribution in [2.45, 2.75) is 25.3 Å². The van der Waals surface area contributed by atoms with Gasteiger partial charge in [-0.1, -0.05) is 28.4 Å². The molecule has 182 valence electrons. The summed E-state index contributed by atoms with van der Waals surface area (Å²) in [6, 6.07) is 4.42. The molecule has 2 aromatic heterocycles. The van der Waals surface area contributed by atoms with Gasteiger partial charge in [-0.2, -0.15) is 0 Å². The summed E-state index contributed by atoms with van der Waals surface area (Å²) in [5.41, 5.74) is 7.65. The van der Waals surface area contributed by atoms with Crippen LogP contribution in [0.5, 0.6) is 5.75 Å². The average Bonchev–Trinajstić information content (AvgIpc) is 3.30. The molecule has 0 aliphatic carbocycles. The molecule has 9 nitrogen and oxygen atoms in total. The minimum Gasteiger partial charge on any atom is -0.489 e. The Balaban J connectivity index is 1.43. The highest BCUT2D eigenvalue weighted by atomic mass is 35.5. The van der Waals surface area contributed by atoms with Crippen LogP contribution in [-0.2, 0) is 16.4 Å². The molecular weight excluding hydrogens is 506 g/mol. The van der Waals surface area contributed by atoms with Gasteiger partial charge in [0.25, 0.3) is 0 Å². The number of piperidine rings is 1. The molecule has 1 aliphatic rings. The summed E-state index contributed by atoms with van der Waals surface area (Å²) >= 11 is 12.1. The summed E-state index contributed by atoms with van der Waals surface area (Å²) < 4.78 is 46.1. The maximum atomic E-state index is 13.7. The van der Waals surface area contributed by atoms with Crippen molar-refractivity contribution in [3.05, 3.63) is 52.0 Å². The smallest absolute Gasteiger partial charge is 0.211 e. The van der Waals surface area contributed by atoms with Gasteiger partial charge in [-0.25, -0.2) is 26.8 Å². The van der Waals surface area contributed by atoms with Crippen LogP contribution >= 0.6 is 23.2 Å². The van der Waals surface area contributed by atoms with Crippen molar-refractivity contribution in [1.29, 1.82) is 0 Å². The fraction of sp³-hybridized carbons (Fsp3) is 0.381. The highest BCUT2D eigenvalue weighted by Crippen LogP contribution is 2.30. The third-order valence-corrected chi connectivity index (χ3v) is 7.77. The van der Waals surface area contributed by atoms with Crippen LogP contribution in [0, 0.1) is 5.82 Å². The van der Waals surface area contributed by atoms with Gasteiger partial charge in [-0.3, -0.25) is 0 Å². The number of hydrogen-bond donors (Lipinski definition) is 1. The lowest BCUT2D eigenvalue weighted by Crippen LogP contribution is -2.38. The standard InChI is InChI=1S/C21H23Cl2FN6O3S/c1-34(31,32)29-7-4-14(5-8-29)30-12-18(27-28-30)13-10-19(21(25)26-11-13)33-9-6-15-16(22)2-3-17(24)20(15)23/h2-3,10-12,14H,4-9H2,1H3,(H2,25,26). The van der Waals surface area contributed by atoms with Crippen LogP contribution in [0.25, 0.3) is 11.3 Å². The first-order valence-electron chi connectivity index (χ1n) is 10.5. The van der Waals surface area contributed by atoms with Gasteiger partial charge in [0.1, 0.15) is 11.5 Å². The topological polar surface area (TPSA) is 116 Å². The van der Waals surface area contributed by atoms with Crippen LogP contribution in [-0.4, -0.2) is 58.7 Å². The highest BCUT2D eigenvalue weighted by Gasteiger charge is 2.26. The van der Waals surface area contributed by atoms with Crippen molar-refractivity contribution >= 4 is 39.0 Å². The summed E-state index contributed by atoms with van der Waals surface area (Å²) in [5.74, 6) is -0.00722. The van der Waals surface area contributed by atoms with E-state index >= 15 is 0 Å². The third kappa shape index (κ3) is 5.43. The van der Waals surface area contributed by atoms with E-state index in [0.29, 0.717) is 53.5 Å². The molecule has 4 rings (SSSR count). The molecule has 0 unspecified atom stereocenters. The predicted octanol–water partition coefficient (Wildman–Crippen LogP) is 3.59. The molecule has 1 saturated heterocycles. The number of rotatable bonds is 7. The molecule has 0 atom stereocenters. The van der Waals surface area contributed by atoms with Crippen molar-refractivity contribution in [2.24, 2.45) is 0 Å². The first-order valence-corrected chi connectivity index (χ1v) is 13.1. The number of hydrogen-bond acceptors (Lipinski definition) is 7. The van der Waals surface area contributed by atoms with Crippen LogP contribution in [0.3, 0.4) is 0 Å². The van der Waals surface area contributed by atoms with Crippen molar-refractivity contribution in [3.8, 4) is 17.0 Å². The van der Waals surface area contributed by atoms with E-state index in [4.69, 9.17) is 33.7 Å². The Bertz CT molecular complexity index is 1300. The zero-order valence-corrected chi connectivity index (χ0v) is 20.6. The lowest BCUT2D eigenvalue weighted by Gasteiger charge is -2.29. The van der Waals surface area contributed by atoms with Crippen molar-refractivity contribution < 1.29 is 17.5 Å². The van der Waals surface area contributed by atoms with E-state index in [2.05, 4.69) is 15.3 Å². The molecule has 0 spiro atoms. The normalized spacial score (nSPS) is 15.5. The Kier molecular flexibility index (Phi) is 7.27. The second kappa shape index (κ2) is 10.0. The number of halogens is 3. The Morgan fingerprint density at radius 1 is 1.26 bits per heavy atom. The second-order valence-corrected chi connectivity index (χ2v) is 10.8. The van der Waals surface area contributed by atoms with Gasteiger partial charge in [0.15, 0.2) is 11.6 Å². The first-order chi connectivity index (χ1) is 16.1. The second-order valence-electron chi connectivity index (χ2n) is 8.00. The Morgan fingerprint density at radius 3 is 2.71 bits per heavy atom. The number of aromatic nitrogens is 4. The molecule has 0 bridgehead atoms. The molecule has 13 heteroatoms. The van der Waals surface area contributed by atoms with E-state index in [0.717, 1.165) is 0 Å². The minimum atomic E-state index is -3.19. The van der Waals surface area contributed by atoms with Crippen LogP contribution in [0.1, 0.15) is 24.4 Å². The molecule has 3 heterocycles. The van der Waals surface area contributed by atoms with Crippen molar-refractivity contribution in [1.82, 2.24) is 24.3 Å². The number of benzene rings is 1. The number of sulfonamides is 1. The molecule has 1 aliphatic heterocycles. The average molecular weight is 529 g/mol.